The van der Waals surface area contributed by atoms with Crippen molar-refractivity contribution in [1.29, 1.82) is 0 Å². The second-order valence-electron chi connectivity index (χ2n) is 3.33. The van der Waals surface area contributed by atoms with Crippen LogP contribution in [-0.4, -0.2) is 47.3 Å². The smallest absolute Gasteiger partial charge is 0.0851 e. The molecular formula is C8H16O4. The second-order valence-corrected chi connectivity index (χ2v) is 3.33. The molecule has 1 aliphatic rings. The summed E-state index contributed by atoms with van der Waals surface area (Å²) in [5, 5.41) is 27.6. The molecule has 4 nitrogen and oxygen atoms in total. The maximum Gasteiger partial charge on any atom is 0.0851 e. The first kappa shape index (κ1) is 9.92. The fourth-order valence-corrected chi connectivity index (χ4v) is 1.67. The van der Waals surface area contributed by atoms with Crippen LogP contribution in [0.25, 0.3) is 0 Å². The van der Waals surface area contributed by atoms with Gasteiger partial charge in [0.25, 0.3) is 0 Å². The summed E-state index contributed by atoms with van der Waals surface area (Å²) in [4.78, 5) is 0. The molecule has 0 radical (unpaired) electrons. The summed E-state index contributed by atoms with van der Waals surface area (Å²) >= 11 is 0. The minimum Gasteiger partial charge on any atom is -0.396 e. The zero-order valence-electron chi connectivity index (χ0n) is 7.18. The van der Waals surface area contributed by atoms with Gasteiger partial charge in [-0.25, -0.2) is 0 Å². The fraction of sp³-hybridized carbons (Fsp3) is 1.00. The van der Waals surface area contributed by atoms with E-state index in [1.807, 2.05) is 0 Å². The Kier molecular flexibility index (Phi) is 3.46. The van der Waals surface area contributed by atoms with Crippen molar-refractivity contribution < 1.29 is 20.1 Å². The van der Waals surface area contributed by atoms with E-state index < -0.39 is 12.2 Å². The zero-order chi connectivity index (χ0) is 9.14. The van der Waals surface area contributed by atoms with E-state index in [0.29, 0.717) is 12.8 Å². The maximum atomic E-state index is 9.39. The number of aliphatic hydroxyl groups is 3. The molecule has 0 amide bonds. The predicted molar refractivity (Wildman–Crippen MR) is 42.6 cm³/mol. The number of methoxy groups -OCH3 is 1. The normalized spacial score (nSPS) is 43.0. The van der Waals surface area contributed by atoms with Crippen molar-refractivity contribution in [1.82, 2.24) is 0 Å². The molecule has 1 aliphatic carbocycles. The van der Waals surface area contributed by atoms with Crippen molar-refractivity contribution in [3.05, 3.63) is 0 Å². The lowest BCUT2D eigenvalue weighted by atomic mass is 9.83. The van der Waals surface area contributed by atoms with Gasteiger partial charge in [0, 0.05) is 26.1 Å². The fourth-order valence-electron chi connectivity index (χ4n) is 1.67. The molecule has 0 aliphatic heterocycles. The van der Waals surface area contributed by atoms with Gasteiger partial charge in [0.15, 0.2) is 0 Å². The highest BCUT2D eigenvalue weighted by molar-refractivity contribution is 4.86. The van der Waals surface area contributed by atoms with Gasteiger partial charge in [0.1, 0.15) is 0 Å². The minimum absolute atomic E-state index is 0.0412. The van der Waals surface area contributed by atoms with Crippen LogP contribution < -0.4 is 0 Å². The van der Waals surface area contributed by atoms with Crippen LogP contribution in [0, 0.1) is 5.92 Å². The Bertz CT molecular complexity index is 139. The van der Waals surface area contributed by atoms with E-state index >= 15 is 0 Å². The van der Waals surface area contributed by atoms with E-state index in [4.69, 9.17) is 9.84 Å². The van der Waals surface area contributed by atoms with Crippen molar-refractivity contribution in [2.45, 2.75) is 31.2 Å². The number of rotatable bonds is 2. The molecule has 4 atom stereocenters. The lowest BCUT2D eigenvalue weighted by Crippen LogP contribution is -2.44. The van der Waals surface area contributed by atoms with E-state index in [1.54, 1.807) is 7.11 Å². The van der Waals surface area contributed by atoms with Crippen LogP contribution in [0.5, 0.6) is 0 Å². The largest absolute Gasteiger partial charge is 0.396 e. The first-order valence-electron chi connectivity index (χ1n) is 4.18. The molecule has 0 saturated heterocycles. The van der Waals surface area contributed by atoms with Crippen molar-refractivity contribution in [3.63, 3.8) is 0 Å². The van der Waals surface area contributed by atoms with Gasteiger partial charge in [0.2, 0.25) is 0 Å². The molecule has 0 bridgehead atoms. The molecule has 72 valence electrons. The highest BCUT2D eigenvalue weighted by Crippen LogP contribution is 2.26. The molecule has 0 aromatic rings. The molecule has 0 heterocycles. The van der Waals surface area contributed by atoms with Crippen LogP contribution in [0.2, 0.25) is 0 Å². The van der Waals surface area contributed by atoms with Gasteiger partial charge < -0.3 is 20.1 Å². The topological polar surface area (TPSA) is 69.9 Å². The van der Waals surface area contributed by atoms with Gasteiger partial charge in [-0.3, -0.25) is 0 Å². The molecular weight excluding hydrogens is 160 g/mol. The number of hydrogen-bond acceptors (Lipinski definition) is 4. The van der Waals surface area contributed by atoms with Crippen LogP contribution in [0.15, 0.2) is 0 Å². The average molecular weight is 176 g/mol. The Morgan fingerprint density at radius 2 is 2.00 bits per heavy atom. The SMILES string of the molecule is CO[C@H]1CC(O)[C@H](O)C(CO)C1. The third-order valence-electron chi connectivity index (χ3n) is 2.52. The maximum absolute atomic E-state index is 9.39. The number of ether oxygens (including phenoxy) is 1. The Morgan fingerprint density at radius 3 is 2.50 bits per heavy atom. The molecule has 4 heteroatoms. The molecule has 12 heavy (non-hydrogen) atoms. The number of hydrogen-bond donors (Lipinski definition) is 3. The zero-order valence-corrected chi connectivity index (χ0v) is 7.18. The molecule has 2 unspecified atom stereocenters. The van der Waals surface area contributed by atoms with Gasteiger partial charge in [-0.15, -0.1) is 0 Å². The van der Waals surface area contributed by atoms with Gasteiger partial charge in [-0.1, -0.05) is 0 Å². The summed E-state index contributed by atoms with van der Waals surface area (Å²) < 4.78 is 5.06. The quantitative estimate of drug-likeness (QED) is 0.511. The van der Waals surface area contributed by atoms with E-state index in [1.165, 1.54) is 0 Å². The van der Waals surface area contributed by atoms with E-state index in [-0.39, 0.29) is 18.6 Å². The van der Waals surface area contributed by atoms with Crippen molar-refractivity contribution in [2.24, 2.45) is 5.92 Å². The number of aliphatic hydroxyl groups excluding tert-OH is 3. The summed E-state index contributed by atoms with van der Waals surface area (Å²) in [5.41, 5.74) is 0. The van der Waals surface area contributed by atoms with Crippen molar-refractivity contribution in [2.75, 3.05) is 13.7 Å². The summed E-state index contributed by atoms with van der Waals surface area (Å²) in [6.45, 7) is -0.0991. The highest BCUT2D eigenvalue weighted by atomic mass is 16.5. The lowest BCUT2D eigenvalue weighted by molar-refractivity contribution is -0.103. The third kappa shape index (κ3) is 1.95. The van der Waals surface area contributed by atoms with E-state index in [2.05, 4.69) is 0 Å². The molecule has 0 aromatic carbocycles. The molecule has 0 spiro atoms. The first-order valence-corrected chi connectivity index (χ1v) is 4.18. The van der Waals surface area contributed by atoms with Gasteiger partial charge in [0.05, 0.1) is 18.3 Å². The Balaban J connectivity index is 2.52. The lowest BCUT2D eigenvalue weighted by Gasteiger charge is -2.35. The summed E-state index contributed by atoms with van der Waals surface area (Å²) in [6.07, 6.45) is -0.540. The first-order chi connectivity index (χ1) is 5.69. The van der Waals surface area contributed by atoms with Gasteiger partial charge in [-0.05, 0) is 6.42 Å². The van der Waals surface area contributed by atoms with E-state index in [9.17, 15) is 10.2 Å². The Morgan fingerprint density at radius 1 is 1.33 bits per heavy atom. The second kappa shape index (κ2) is 4.18. The molecule has 0 aromatic heterocycles. The van der Waals surface area contributed by atoms with Crippen molar-refractivity contribution in [3.8, 4) is 0 Å². The molecule has 1 saturated carbocycles. The van der Waals surface area contributed by atoms with Crippen LogP contribution >= 0.6 is 0 Å². The summed E-state index contributed by atoms with van der Waals surface area (Å²) in [5.74, 6) is -0.251. The summed E-state index contributed by atoms with van der Waals surface area (Å²) in [6, 6.07) is 0. The average Bonchev–Trinajstić information content (AvgIpc) is 2.09. The van der Waals surface area contributed by atoms with Crippen LogP contribution in [0.4, 0.5) is 0 Å². The molecule has 1 rings (SSSR count). The standard InChI is InChI=1S/C8H16O4/c1-12-6-2-5(4-9)8(11)7(10)3-6/h5-11H,2-4H2,1H3/t5?,6-,7?,8-/m1/s1. The minimum atomic E-state index is -0.804. The highest BCUT2D eigenvalue weighted by Gasteiger charge is 2.35. The third-order valence-corrected chi connectivity index (χ3v) is 2.52. The summed E-state index contributed by atoms with van der Waals surface area (Å²) in [7, 11) is 1.57. The van der Waals surface area contributed by atoms with Crippen LogP contribution in [0.1, 0.15) is 12.8 Å². The molecule has 3 N–H and O–H groups in total. The van der Waals surface area contributed by atoms with Gasteiger partial charge in [-0.2, -0.15) is 0 Å². The van der Waals surface area contributed by atoms with E-state index in [0.717, 1.165) is 0 Å². The van der Waals surface area contributed by atoms with Crippen LogP contribution in [0.3, 0.4) is 0 Å². The monoisotopic (exact) mass is 176 g/mol. The van der Waals surface area contributed by atoms with Crippen molar-refractivity contribution >= 4 is 0 Å². The Hall–Kier alpha value is -0.160. The van der Waals surface area contributed by atoms with Gasteiger partial charge >= 0.3 is 0 Å². The Labute approximate surface area is 71.8 Å². The van der Waals surface area contributed by atoms with Crippen LogP contribution in [-0.2, 0) is 4.74 Å². The molecule has 1 fully saturated rings. The predicted octanol–water partition coefficient (Wildman–Crippen LogP) is -0.875.